The first-order valence-corrected chi connectivity index (χ1v) is 12.4. The lowest BCUT2D eigenvalue weighted by molar-refractivity contribution is 0.577. The zero-order valence-corrected chi connectivity index (χ0v) is 20.6. The summed E-state index contributed by atoms with van der Waals surface area (Å²) in [7, 11) is 0. The fourth-order valence-electron chi connectivity index (χ4n) is 4.61. The van der Waals surface area contributed by atoms with Crippen LogP contribution in [0.25, 0.3) is 65.6 Å². The number of rotatable bonds is 4. The quantitative estimate of drug-likeness (QED) is 0.257. The Morgan fingerprint density at radius 2 is 1.54 bits per heavy atom. The lowest BCUT2D eigenvalue weighted by atomic mass is 10.0. The van der Waals surface area contributed by atoms with Crippen LogP contribution in [0, 0.1) is 6.92 Å². The Hall–Kier alpha value is -4.09. The predicted molar refractivity (Wildman–Crippen MR) is 148 cm³/mol. The second-order valence-corrected chi connectivity index (χ2v) is 9.59. The van der Waals surface area contributed by atoms with Crippen molar-refractivity contribution in [1.82, 2.24) is 15.0 Å². The summed E-state index contributed by atoms with van der Waals surface area (Å²) in [5.74, 6) is 2.78. The maximum Gasteiger partial charge on any atom is 0.164 e. The SMILES string of the molecule is C=Cc1c(C)oc2cccc(-c3nc(/C(C)=C/C)nc(-c4cccc5sc6ccccc6c45)n3)c12. The molecular formula is C30H23N3OS. The van der Waals surface area contributed by atoms with E-state index in [2.05, 4.69) is 49.0 Å². The van der Waals surface area contributed by atoms with Gasteiger partial charge in [-0.15, -0.1) is 11.3 Å². The standard InChI is InChI=1S/C30H23N3OS/c1-5-17(3)28-31-29(21-12-9-14-23-26(21)19(6-2)18(4)34-23)33-30(32-28)22-13-10-16-25-27(22)20-11-7-8-15-24(20)35-25/h5-16H,2H2,1,3-4H3/b17-5+. The van der Waals surface area contributed by atoms with Crippen molar-refractivity contribution in [3.8, 4) is 22.8 Å². The molecule has 0 aliphatic heterocycles. The van der Waals surface area contributed by atoms with Crippen molar-refractivity contribution in [3.63, 3.8) is 0 Å². The van der Waals surface area contributed by atoms with Crippen molar-refractivity contribution >= 4 is 54.1 Å². The minimum absolute atomic E-state index is 0.622. The van der Waals surface area contributed by atoms with Crippen LogP contribution in [-0.2, 0) is 0 Å². The Labute approximate surface area is 207 Å². The average Bonchev–Trinajstić information content (AvgIpc) is 3.44. The van der Waals surface area contributed by atoms with E-state index >= 15 is 0 Å². The van der Waals surface area contributed by atoms with Crippen LogP contribution in [0.2, 0.25) is 0 Å². The van der Waals surface area contributed by atoms with Crippen LogP contribution >= 0.6 is 11.3 Å². The Balaban J connectivity index is 1.69. The Morgan fingerprint density at radius 3 is 2.29 bits per heavy atom. The highest BCUT2D eigenvalue weighted by Gasteiger charge is 2.19. The summed E-state index contributed by atoms with van der Waals surface area (Å²) in [5.41, 5.74) is 4.68. The highest BCUT2D eigenvalue weighted by atomic mass is 32.1. The Bertz CT molecular complexity index is 1810. The fourth-order valence-corrected chi connectivity index (χ4v) is 5.74. The summed E-state index contributed by atoms with van der Waals surface area (Å²) in [6, 6.07) is 20.8. The van der Waals surface area contributed by atoms with E-state index in [1.807, 2.05) is 51.1 Å². The molecule has 0 atom stereocenters. The van der Waals surface area contributed by atoms with Gasteiger partial charge in [-0.25, -0.2) is 15.0 Å². The van der Waals surface area contributed by atoms with E-state index in [4.69, 9.17) is 19.4 Å². The number of benzene rings is 3. The van der Waals surface area contributed by atoms with Crippen LogP contribution in [0.5, 0.6) is 0 Å². The summed E-state index contributed by atoms with van der Waals surface area (Å²) in [5, 5.41) is 3.37. The van der Waals surface area contributed by atoms with Crippen molar-refractivity contribution in [2.75, 3.05) is 0 Å². The minimum atomic E-state index is 0.622. The average molecular weight is 474 g/mol. The number of allylic oxidation sites excluding steroid dienone is 2. The van der Waals surface area contributed by atoms with Gasteiger partial charge in [0.15, 0.2) is 17.5 Å². The molecule has 0 saturated carbocycles. The lowest BCUT2D eigenvalue weighted by Gasteiger charge is -2.10. The molecule has 35 heavy (non-hydrogen) atoms. The summed E-state index contributed by atoms with van der Waals surface area (Å²) < 4.78 is 8.48. The first kappa shape index (κ1) is 21.4. The van der Waals surface area contributed by atoms with Gasteiger partial charge < -0.3 is 4.42 Å². The zero-order valence-electron chi connectivity index (χ0n) is 19.8. The number of hydrogen-bond acceptors (Lipinski definition) is 5. The van der Waals surface area contributed by atoms with Crippen molar-refractivity contribution in [1.29, 1.82) is 0 Å². The number of fused-ring (bicyclic) bond motifs is 4. The van der Waals surface area contributed by atoms with Gasteiger partial charge in [0.2, 0.25) is 0 Å². The largest absolute Gasteiger partial charge is 0.461 e. The van der Waals surface area contributed by atoms with E-state index < -0.39 is 0 Å². The molecule has 0 unspecified atom stereocenters. The number of nitrogens with zero attached hydrogens (tertiary/aromatic N) is 3. The Kier molecular flexibility index (Phi) is 5.08. The predicted octanol–water partition coefficient (Wildman–Crippen LogP) is 8.69. The van der Waals surface area contributed by atoms with E-state index in [1.54, 1.807) is 11.3 Å². The molecule has 3 heterocycles. The van der Waals surface area contributed by atoms with Crippen molar-refractivity contribution in [2.45, 2.75) is 20.8 Å². The fraction of sp³-hybridized carbons (Fsp3) is 0.100. The van der Waals surface area contributed by atoms with Gasteiger partial charge in [0, 0.05) is 42.2 Å². The molecule has 3 aromatic heterocycles. The van der Waals surface area contributed by atoms with Crippen LogP contribution in [-0.4, -0.2) is 15.0 Å². The maximum absolute atomic E-state index is 6.01. The van der Waals surface area contributed by atoms with E-state index in [0.717, 1.165) is 39.0 Å². The molecular weight excluding hydrogens is 450 g/mol. The van der Waals surface area contributed by atoms with Crippen LogP contribution in [0.4, 0.5) is 0 Å². The van der Waals surface area contributed by atoms with Gasteiger partial charge in [-0.05, 0) is 44.5 Å². The van der Waals surface area contributed by atoms with E-state index in [9.17, 15) is 0 Å². The molecule has 170 valence electrons. The van der Waals surface area contributed by atoms with Crippen molar-refractivity contribution in [3.05, 3.63) is 90.5 Å². The third kappa shape index (κ3) is 3.39. The molecule has 0 amide bonds. The van der Waals surface area contributed by atoms with Gasteiger partial charge >= 0.3 is 0 Å². The molecule has 4 nitrogen and oxygen atoms in total. The van der Waals surface area contributed by atoms with Gasteiger partial charge in [-0.2, -0.15) is 0 Å². The number of hydrogen-bond donors (Lipinski definition) is 0. The summed E-state index contributed by atoms with van der Waals surface area (Å²) in [6.07, 6.45) is 3.87. The second kappa shape index (κ2) is 8.29. The number of aromatic nitrogens is 3. The van der Waals surface area contributed by atoms with Gasteiger partial charge in [0.1, 0.15) is 11.3 Å². The number of furan rings is 1. The second-order valence-electron chi connectivity index (χ2n) is 8.51. The van der Waals surface area contributed by atoms with E-state index in [-0.39, 0.29) is 0 Å². The molecule has 0 bridgehead atoms. The first-order valence-electron chi connectivity index (χ1n) is 11.5. The van der Waals surface area contributed by atoms with Crippen molar-refractivity contribution in [2.24, 2.45) is 0 Å². The van der Waals surface area contributed by atoms with Crippen LogP contribution in [0.3, 0.4) is 0 Å². The number of thiophene rings is 1. The maximum atomic E-state index is 6.01. The highest BCUT2D eigenvalue weighted by molar-refractivity contribution is 7.25. The molecule has 0 radical (unpaired) electrons. The van der Waals surface area contributed by atoms with Gasteiger partial charge in [0.25, 0.3) is 0 Å². The zero-order chi connectivity index (χ0) is 24.1. The molecule has 0 N–H and O–H groups in total. The molecule has 0 aliphatic rings. The highest BCUT2D eigenvalue weighted by Crippen LogP contribution is 2.40. The minimum Gasteiger partial charge on any atom is -0.461 e. The van der Waals surface area contributed by atoms with Gasteiger partial charge in [-0.1, -0.05) is 61.2 Å². The van der Waals surface area contributed by atoms with Crippen LogP contribution in [0.15, 0.2) is 77.7 Å². The third-order valence-electron chi connectivity index (χ3n) is 6.45. The lowest BCUT2D eigenvalue weighted by Crippen LogP contribution is -2.02. The topological polar surface area (TPSA) is 51.8 Å². The molecule has 6 rings (SSSR count). The molecule has 6 aromatic rings. The molecule has 5 heteroatoms. The van der Waals surface area contributed by atoms with Crippen molar-refractivity contribution < 1.29 is 4.42 Å². The molecule has 0 spiro atoms. The smallest absolute Gasteiger partial charge is 0.164 e. The molecule has 0 aliphatic carbocycles. The summed E-state index contributed by atoms with van der Waals surface area (Å²) in [6.45, 7) is 10.00. The van der Waals surface area contributed by atoms with Crippen LogP contribution < -0.4 is 0 Å². The molecule has 0 fully saturated rings. The first-order chi connectivity index (χ1) is 17.1. The van der Waals surface area contributed by atoms with Crippen LogP contribution in [0.1, 0.15) is 31.0 Å². The van der Waals surface area contributed by atoms with E-state index in [0.29, 0.717) is 17.5 Å². The number of aryl methyl sites for hydroxylation is 1. The molecule has 3 aromatic carbocycles. The Morgan fingerprint density at radius 1 is 0.857 bits per heavy atom. The molecule has 0 saturated heterocycles. The summed E-state index contributed by atoms with van der Waals surface area (Å²) >= 11 is 1.79. The normalized spacial score (nSPS) is 12.1. The summed E-state index contributed by atoms with van der Waals surface area (Å²) in [4.78, 5) is 14.9. The third-order valence-corrected chi connectivity index (χ3v) is 7.58. The van der Waals surface area contributed by atoms with E-state index in [1.165, 1.54) is 20.2 Å². The van der Waals surface area contributed by atoms with Gasteiger partial charge in [0.05, 0.1) is 0 Å². The monoisotopic (exact) mass is 473 g/mol. The van der Waals surface area contributed by atoms with Gasteiger partial charge in [-0.3, -0.25) is 0 Å².